The minimum absolute atomic E-state index is 0.0607. The van der Waals surface area contributed by atoms with E-state index in [1.54, 1.807) is 39.0 Å². The van der Waals surface area contributed by atoms with Gasteiger partial charge in [0.15, 0.2) is 5.82 Å². The van der Waals surface area contributed by atoms with Crippen molar-refractivity contribution in [2.75, 3.05) is 18.2 Å². The van der Waals surface area contributed by atoms with Crippen LogP contribution in [-0.2, 0) is 20.2 Å². The van der Waals surface area contributed by atoms with Crippen LogP contribution in [0.15, 0.2) is 47.0 Å². The van der Waals surface area contributed by atoms with Gasteiger partial charge in [0.2, 0.25) is 5.95 Å². The van der Waals surface area contributed by atoms with E-state index in [0.29, 0.717) is 23.4 Å². The van der Waals surface area contributed by atoms with Crippen molar-refractivity contribution in [1.29, 1.82) is 0 Å². The topological polar surface area (TPSA) is 112 Å². The Labute approximate surface area is 226 Å². The van der Waals surface area contributed by atoms with Gasteiger partial charge in [0.1, 0.15) is 28.6 Å². The molecule has 9 nitrogen and oxygen atoms in total. The van der Waals surface area contributed by atoms with E-state index >= 15 is 0 Å². The maximum Gasteiger partial charge on any atom is 0.442 e. The van der Waals surface area contributed by atoms with Gasteiger partial charge in [-0.15, -0.1) is 4.36 Å². The number of anilines is 2. The fraction of sp³-hybridized carbons (Fsp3) is 0.370. The Morgan fingerprint density at radius 1 is 1.23 bits per heavy atom. The highest BCUT2D eigenvalue weighted by molar-refractivity contribution is 7.92. The molecule has 2 atom stereocenters. The summed E-state index contributed by atoms with van der Waals surface area (Å²) in [6.07, 6.45) is 1.58. The van der Waals surface area contributed by atoms with E-state index in [0.717, 1.165) is 6.20 Å². The lowest BCUT2D eigenvalue weighted by molar-refractivity contribution is 0.0607. The maximum atomic E-state index is 14.8. The number of carbonyl (C=O) groups excluding carboxylic acids is 1. The van der Waals surface area contributed by atoms with E-state index in [-0.39, 0.29) is 41.4 Å². The number of aromatic nitrogens is 2. The number of fused-ring (bicyclic) bond motifs is 6. The second-order valence-electron chi connectivity index (χ2n) is 10.3. The number of benzene rings is 2. The monoisotopic (exact) mass is 560 g/mol. The predicted octanol–water partition coefficient (Wildman–Crippen LogP) is 6.25. The molecular weight excluding hydrogens is 530 g/mol. The van der Waals surface area contributed by atoms with Crippen molar-refractivity contribution in [2.45, 2.75) is 51.6 Å². The Morgan fingerprint density at radius 2 is 2.00 bits per heavy atom. The molecule has 0 radical (unpaired) electrons. The predicted molar refractivity (Wildman–Crippen MR) is 144 cm³/mol. The first-order chi connectivity index (χ1) is 18.3. The molecule has 1 aliphatic rings. The van der Waals surface area contributed by atoms with Crippen LogP contribution in [0.4, 0.5) is 25.2 Å². The molecule has 1 amide bonds. The maximum absolute atomic E-state index is 14.8. The first-order valence-corrected chi connectivity index (χ1v) is 14.3. The molecule has 0 aliphatic carbocycles. The molecule has 4 rings (SSSR count). The lowest BCUT2D eigenvalue weighted by Crippen LogP contribution is -2.22. The summed E-state index contributed by atoms with van der Waals surface area (Å²) < 4.78 is 62.8. The summed E-state index contributed by atoms with van der Waals surface area (Å²) >= 11 is 0. The van der Waals surface area contributed by atoms with Crippen LogP contribution in [0.1, 0.15) is 39.7 Å². The van der Waals surface area contributed by atoms with Crippen molar-refractivity contribution in [2.24, 2.45) is 4.36 Å². The van der Waals surface area contributed by atoms with Gasteiger partial charge in [0.05, 0.1) is 34.4 Å². The molecule has 1 aromatic heterocycles. The van der Waals surface area contributed by atoms with Crippen LogP contribution in [0.25, 0.3) is 11.3 Å². The van der Waals surface area contributed by atoms with Crippen LogP contribution in [0.5, 0.6) is 11.5 Å². The average Bonchev–Trinajstić information content (AvgIpc) is 2.78. The molecule has 2 aromatic carbocycles. The Hall–Kier alpha value is -3.80. The third-order valence-electron chi connectivity index (χ3n) is 5.38. The van der Waals surface area contributed by atoms with Crippen LogP contribution < -0.4 is 14.8 Å². The molecule has 2 heterocycles. The van der Waals surface area contributed by atoms with E-state index in [1.807, 2.05) is 6.92 Å². The molecule has 1 aliphatic heterocycles. The molecule has 1 N–H and O–H groups in total. The van der Waals surface area contributed by atoms with Gasteiger partial charge in [-0.05, 0) is 57.5 Å². The highest BCUT2D eigenvalue weighted by Gasteiger charge is 2.20. The number of hydrogen-bond acceptors (Lipinski definition) is 8. The Balaban J connectivity index is 1.73. The number of ether oxygens (including phenoxy) is 3. The van der Waals surface area contributed by atoms with Crippen molar-refractivity contribution in [3.8, 4) is 22.8 Å². The SMILES string of the molecule is C[C@H]1CCOc2cc(F)ccc2-c2nc(ncc2F)Nc2cc(C[S@](C)(=O)=NC(=O)OC(C)(C)C)cc(c2)O1. The fourth-order valence-corrected chi connectivity index (χ4v) is 5.05. The van der Waals surface area contributed by atoms with Gasteiger partial charge in [-0.25, -0.2) is 27.8 Å². The highest BCUT2D eigenvalue weighted by atomic mass is 32.2. The fourth-order valence-electron chi connectivity index (χ4n) is 3.85. The standard InChI is InChI=1S/C27H30F2N4O5S/c1-16-8-9-36-23-12-18(28)6-7-21(23)24-22(29)14-30-25(32-24)31-19-10-17(11-20(13-19)37-16)15-39(5,35)33-26(34)38-27(2,3)4/h6-7,10-14,16H,8-9,15H2,1-5H3,(H,30,31,32)/t16-,39-/m0/s1. The van der Waals surface area contributed by atoms with E-state index < -0.39 is 33.1 Å². The van der Waals surface area contributed by atoms with Gasteiger partial charge in [-0.2, -0.15) is 0 Å². The highest BCUT2D eigenvalue weighted by Crippen LogP contribution is 2.33. The van der Waals surface area contributed by atoms with Crippen LogP contribution >= 0.6 is 0 Å². The van der Waals surface area contributed by atoms with Gasteiger partial charge >= 0.3 is 6.09 Å². The Bertz CT molecular complexity index is 1520. The molecular formula is C27H30F2N4O5S. The minimum Gasteiger partial charge on any atom is -0.493 e. The molecule has 0 spiro atoms. The quantitative estimate of drug-likeness (QED) is 0.392. The number of rotatable bonds is 2. The third kappa shape index (κ3) is 7.85. The molecule has 12 heteroatoms. The largest absolute Gasteiger partial charge is 0.493 e. The van der Waals surface area contributed by atoms with E-state index in [4.69, 9.17) is 14.2 Å². The minimum atomic E-state index is -3.01. The summed E-state index contributed by atoms with van der Waals surface area (Å²) in [7, 11) is -3.01. The van der Waals surface area contributed by atoms with Crippen LogP contribution in [-0.4, -0.2) is 44.8 Å². The summed E-state index contributed by atoms with van der Waals surface area (Å²) in [5.74, 6) is -0.643. The van der Waals surface area contributed by atoms with E-state index in [1.165, 1.54) is 24.5 Å². The van der Waals surface area contributed by atoms with E-state index in [9.17, 15) is 17.8 Å². The second kappa shape index (κ2) is 11.1. The number of amides is 1. The smallest absolute Gasteiger partial charge is 0.442 e. The molecule has 0 unspecified atom stereocenters. The van der Waals surface area contributed by atoms with Gasteiger partial charge < -0.3 is 19.5 Å². The van der Waals surface area contributed by atoms with Crippen molar-refractivity contribution in [1.82, 2.24) is 9.97 Å². The number of halogens is 2. The summed E-state index contributed by atoms with van der Waals surface area (Å²) in [5, 5.41) is 3.02. The third-order valence-corrected chi connectivity index (χ3v) is 6.78. The zero-order valence-electron chi connectivity index (χ0n) is 22.3. The number of nitrogens with zero attached hydrogens (tertiary/aromatic N) is 3. The summed E-state index contributed by atoms with van der Waals surface area (Å²) in [5.41, 5.74) is 0.481. The molecule has 0 fully saturated rings. The van der Waals surface area contributed by atoms with Crippen LogP contribution in [0.3, 0.4) is 0 Å². The average molecular weight is 561 g/mol. The van der Waals surface area contributed by atoms with Crippen LogP contribution in [0, 0.1) is 11.6 Å². The van der Waals surface area contributed by atoms with Crippen molar-refractivity contribution < 1.29 is 32.0 Å². The van der Waals surface area contributed by atoms with Crippen LogP contribution in [0.2, 0.25) is 0 Å². The Kier molecular flexibility index (Phi) is 8.05. The second-order valence-corrected chi connectivity index (χ2v) is 12.7. The van der Waals surface area contributed by atoms with Crippen molar-refractivity contribution in [3.05, 3.63) is 59.8 Å². The van der Waals surface area contributed by atoms with Gasteiger partial charge in [0.25, 0.3) is 0 Å². The van der Waals surface area contributed by atoms with E-state index in [2.05, 4.69) is 19.6 Å². The summed E-state index contributed by atoms with van der Waals surface area (Å²) in [6, 6.07) is 8.87. The first-order valence-electron chi connectivity index (χ1n) is 12.2. The summed E-state index contributed by atoms with van der Waals surface area (Å²) in [6.45, 7) is 7.10. The normalized spacial score (nSPS) is 16.7. The lowest BCUT2D eigenvalue weighted by Gasteiger charge is -2.19. The van der Waals surface area contributed by atoms with Gasteiger partial charge in [-0.3, -0.25) is 0 Å². The summed E-state index contributed by atoms with van der Waals surface area (Å²) in [4.78, 5) is 20.5. The molecule has 4 bridgehead atoms. The molecule has 3 aromatic rings. The number of hydrogen-bond donors (Lipinski definition) is 1. The molecule has 0 saturated carbocycles. The lowest BCUT2D eigenvalue weighted by atomic mass is 10.1. The molecule has 208 valence electrons. The first kappa shape index (κ1) is 28.2. The Morgan fingerprint density at radius 3 is 2.74 bits per heavy atom. The van der Waals surface area contributed by atoms with Crippen molar-refractivity contribution in [3.63, 3.8) is 0 Å². The molecule has 39 heavy (non-hydrogen) atoms. The van der Waals surface area contributed by atoms with Crippen molar-refractivity contribution >= 4 is 27.5 Å². The zero-order valence-corrected chi connectivity index (χ0v) is 23.1. The number of carbonyl (C=O) groups is 1. The van der Waals surface area contributed by atoms with Gasteiger partial charge in [0, 0.05) is 36.1 Å². The molecule has 0 saturated heterocycles. The van der Waals surface area contributed by atoms with Gasteiger partial charge in [-0.1, -0.05) is 0 Å². The number of nitrogens with one attached hydrogen (secondary N) is 1. The zero-order chi connectivity index (χ0) is 28.4.